The van der Waals surface area contributed by atoms with Crippen LogP contribution < -0.4 is 0 Å². The topological polar surface area (TPSA) is 38.0 Å². The lowest BCUT2D eigenvalue weighted by molar-refractivity contribution is 0.273. The normalized spacial score (nSPS) is 10.4. The molecule has 1 aromatic carbocycles. The van der Waals surface area contributed by atoms with E-state index < -0.39 is 0 Å². The van der Waals surface area contributed by atoms with E-state index in [2.05, 4.69) is 5.10 Å². The minimum atomic E-state index is 0.00781. The molecule has 3 heteroatoms. The molecule has 1 heterocycles. The van der Waals surface area contributed by atoms with E-state index in [9.17, 15) is 0 Å². The lowest BCUT2D eigenvalue weighted by Gasteiger charge is -2.05. The molecule has 0 aliphatic heterocycles. The van der Waals surface area contributed by atoms with Gasteiger partial charge < -0.3 is 5.11 Å². The zero-order chi connectivity index (χ0) is 9.97. The van der Waals surface area contributed by atoms with Gasteiger partial charge in [0.25, 0.3) is 0 Å². The number of aliphatic hydroxyl groups is 1. The molecular weight excluding hydrogens is 176 g/mol. The van der Waals surface area contributed by atoms with Crippen LogP contribution in [0.25, 0.3) is 5.69 Å². The van der Waals surface area contributed by atoms with Gasteiger partial charge in [0.15, 0.2) is 0 Å². The average Bonchev–Trinajstić information content (AvgIpc) is 2.67. The van der Waals surface area contributed by atoms with Crippen molar-refractivity contribution in [1.82, 2.24) is 9.78 Å². The standard InChI is InChI=1S/C11H12N2O/c1-9-2-4-10(5-3-9)13-11(8-14)6-7-12-13/h2-7,14H,8H2,1H3. The maximum absolute atomic E-state index is 9.06. The van der Waals surface area contributed by atoms with Gasteiger partial charge in [-0.05, 0) is 25.1 Å². The van der Waals surface area contributed by atoms with E-state index in [4.69, 9.17) is 5.11 Å². The molecule has 0 aliphatic rings. The second-order valence-electron chi connectivity index (χ2n) is 3.23. The Kier molecular flexibility index (Phi) is 2.33. The minimum Gasteiger partial charge on any atom is -0.390 e. The zero-order valence-electron chi connectivity index (χ0n) is 8.01. The summed E-state index contributed by atoms with van der Waals surface area (Å²) >= 11 is 0. The van der Waals surface area contributed by atoms with Crippen molar-refractivity contribution in [1.29, 1.82) is 0 Å². The quantitative estimate of drug-likeness (QED) is 0.778. The second-order valence-corrected chi connectivity index (χ2v) is 3.23. The van der Waals surface area contributed by atoms with Gasteiger partial charge in [-0.25, -0.2) is 4.68 Å². The summed E-state index contributed by atoms with van der Waals surface area (Å²) in [5.41, 5.74) is 2.99. The largest absolute Gasteiger partial charge is 0.390 e. The molecule has 0 radical (unpaired) electrons. The molecular formula is C11H12N2O. The zero-order valence-corrected chi connectivity index (χ0v) is 8.01. The van der Waals surface area contributed by atoms with Crippen LogP contribution in [-0.4, -0.2) is 14.9 Å². The summed E-state index contributed by atoms with van der Waals surface area (Å²) in [6.07, 6.45) is 1.69. The highest BCUT2D eigenvalue weighted by Crippen LogP contribution is 2.11. The van der Waals surface area contributed by atoms with Gasteiger partial charge in [-0.3, -0.25) is 0 Å². The molecule has 0 spiro atoms. The predicted octanol–water partition coefficient (Wildman–Crippen LogP) is 1.67. The van der Waals surface area contributed by atoms with Crippen LogP contribution in [0.5, 0.6) is 0 Å². The van der Waals surface area contributed by atoms with Crippen LogP contribution in [0.3, 0.4) is 0 Å². The number of aromatic nitrogens is 2. The molecule has 0 fully saturated rings. The molecule has 14 heavy (non-hydrogen) atoms. The SMILES string of the molecule is Cc1ccc(-n2nccc2CO)cc1. The van der Waals surface area contributed by atoms with Crippen molar-refractivity contribution in [2.75, 3.05) is 0 Å². The molecule has 3 nitrogen and oxygen atoms in total. The average molecular weight is 188 g/mol. The fourth-order valence-corrected chi connectivity index (χ4v) is 1.37. The number of hydrogen-bond acceptors (Lipinski definition) is 2. The van der Waals surface area contributed by atoms with E-state index in [1.54, 1.807) is 16.9 Å². The maximum atomic E-state index is 9.06. The fourth-order valence-electron chi connectivity index (χ4n) is 1.37. The highest BCUT2D eigenvalue weighted by atomic mass is 16.3. The summed E-state index contributed by atoms with van der Waals surface area (Å²) in [5.74, 6) is 0. The monoisotopic (exact) mass is 188 g/mol. The summed E-state index contributed by atoms with van der Waals surface area (Å²) in [5, 5.41) is 13.2. The summed E-state index contributed by atoms with van der Waals surface area (Å²) in [4.78, 5) is 0. The fraction of sp³-hybridized carbons (Fsp3) is 0.182. The highest BCUT2D eigenvalue weighted by Gasteiger charge is 2.02. The third-order valence-electron chi connectivity index (χ3n) is 2.16. The number of aliphatic hydroxyl groups excluding tert-OH is 1. The molecule has 0 bridgehead atoms. The van der Waals surface area contributed by atoms with Crippen LogP contribution in [0.1, 0.15) is 11.3 Å². The Morgan fingerprint density at radius 2 is 1.93 bits per heavy atom. The molecule has 2 aromatic rings. The van der Waals surface area contributed by atoms with Gasteiger partial charge in [0, 0.05) is 6.20 Å². The van der Waals surface area contributed by atoms with Crippen molar-refractivity contribution < 1.29 is 5.11 Å². The third-order valence-corrected chi connectivity index (χ3v) is 2.16. The van der Waals surface area contributed by atoms with E-state index in [1.807, 2.05) is 31.2 Å². The maximum Gasteiger partial charge on any atom is 0.0854 e. The Bertz CT molecular complexity index is 417. The van der Waals surface area contributed by atoms with E-state index in [0.29, 0.717) is 0 Å². The Morgan fingerprint density at radius 3 is 2.57 bits per heavy atom. The molecule has 72 valence electrons. The van der Waals surface area contributed by atoms with Crippen molar-refractivity contribution in [2.24, 2.45) is 0 Å². The molecule has 0 unspecified atom stereocenters. The number of rotatable bonds is 2. The molecule has 0 amide bonds. The number of aryl methyl sites for hydroxylation is 1. The van der Waals surface area contributed by atoms with Crippen LogP contribution in [0.2, 0.25) is 0 Å². The van der Waals surface area contributed by atoms with Gasteiger partial charge in [0.1, 0.15) is 0 Å². The van der Waals surface area contributed by atoms with Crippen LogP contribution >= 0.6 is 0 Å². The van der Waals surface area contributed by atoms with Gasteiger partial charge in [-0.15, -0.1) is 0 Å². The first kappa shape index (κ1) is 8.97. The van der Waals surface area contributed by atoms with E-state index in [-0.39, 0.29) is 6.61 Å². The Balaban J connectivity index is 2.44. The Morgan fingerprint density at radius 1 is 1.21 bits per heavy atom. The predicted molar refractivity (Wildman–Crippen MR) is 54.2 cm³/mol. The Labute approximate surface area is 82.6 Å². The van der Waals surface area contributed by atoms with Crippen LogP contribution in [0.15, 0.2) is 36.5 Å². The lowest BCUT2D eigenvalue weighted by atomic mass is 10.2. The van der Waals surface area contributed by atoms with Crippen LogP contribution in [0, 0.1) is 6.92 Å². The Hall–Kier alpha value is -1.61. The van der Waals surface area contributed by atoms with Gasteiger partial charge >= 0.3 is 0 Å². The van der Waals surface area contributed by atoms with Crippen molar-refractivity contribution in [3.05, 3.63) is 47.8 Å². The lowest BCUT2D eigenvalue weighted by Crippen LogP contribution is -2.01. The summed E-state index contributed by atoms with van der Waals surface area (Å²) < 4.78 is 1.74. The van der Waals surface area contributed by atoms with Crippen molar-refractivity contribution in [3.8, 4) is 5.69 Å². The van der Waals surface area contributed by atoms with Crippen LogP contribution in [0.4, 0.5) is 0 Å². The first-order valence-electron chi connectivity index (χ1n) is 4.52. The second kappa shape index (κ2) is 3.64. The first-order chi connectivity index (χ1) is 6.81. The molecule has 1 aromatic heterocycles. The van der Waals surface area contributed by atoms with Crippen molar-refractivity contribution in [2.45, 2.75) is 13.5 Å². The number of hydrogen-bond donors (Lipinski definition) is 1. The van der Waals surface area contributed by atoms with Gasteiger partial charge in [0.2, 0.25) is 0 Å². The van der Waals surface area contributed by atoms with E-state index >= 15 is 0 Å². The molecule has 0 atom stereocenters. The number of nitrogens with zero attached hydrogens (tertiary/aromatic N) is 2. The van der Waals surface area contributed by atoms with E-state index in [0.717, 1.165) is 11.4 Å². The highest BCUT2D eigenvalue weighted by molar-refractivity contribution is 5.34. The summed E-state index contributed by atoms with van der Waals surface area (Å²) in [6.45, 7) is 2.05. The number of benzene rings is 1. The van der Waals surface area contributed by atoms with Gasteiger partial charge in [-0.2, -0.15) is 5.10 Å². The van der Waals surface area contributed by atoms with E-state index in [1.165, 1.54) is 5.56 Å². The smallest absolute Gasteiger partial charge is 0.0854 e. The molecule has 0 saturated carbocycles. The third kappa shape index (κ3) is 1.54. The molecule has 0 aliphatic carbocycles. The molecule has 2 rings (SSSR count). The minimum absolute atomic E-state index is 0.00781. The van der Waals surface area contributed by atoms with Gasteiger partial charge in [0.05, 0.1) is 18.0 Å². The van der Waals surface area contributed by atoms with Gasteiger partial charge in [-0.1, -0.05) is 17.7 Å². The van der Waals surface area contributed by atoms with Crippen LogP contribution in [-0.2, 0) is 6.61 Å². The van der Waals surface area contributed by atoms with Crippen molar-refractivity contribution >= 4 is 0 Å². The first-order valence-corrected chi connectivity index (χ1v) is 4.52. The summed E-state index contributed by atoms with van der Waals surface area (Å²) in [6, 6.07) is 9.83. The molecule has 1 N–H and O–H groups in total. The summed E-state index contributed by atoms with van der Waals surface area (Å²) in [7, 11) is 0. The molecule has 0 saturated heterocycles. The van der Waals surface area contributed by atoms with Crippen molar-refractivity contribution in [3.63, 3.8) is 0 Å².